The Morgan fingerprint density at radius 2 is 1.90 bits per heavy atom. The van der Waals surface area contributed by atoms with Crippen LogP contribution in [0.4, 0.5) is 0 Å². The Balaban J connectivity index is 3.68. The van der Waals surface area contributed by atoms with Gasteiger partial charge >= 0.3 is 0 Å². The van der Waals surface area contributed by atoms with E-state index in [1.807, 2.05) is 13.8 Å². The van der Waals surface area contributed by atoms with E-state index in [0.29, 0.717) is 0 Å². The zero-order chi connectivity index (χ0) is 7.82. The molecular weight excluding hydrogens is 120 g/mol. The highest BCUT2D eigenvalue weighted by Gasteiger charge is 1.76. The average molecular weight is 136 g/mol. The van der Waals surface area contributed by atoms with Crippen LogP contribution in [-0.2, 0) is 0 Å². The SMILES string of the molecule is C/C=C\C(C)=C/C/C=C/C. The van der Waals surface area contributed by atoms with Crippen LogP contribution in [0.25, 0.3) is 0 Å². The van der Waals surface area contributed by atoms with Crippen LogP contribution in [0.5, 0.6) is 0 Å². The number of hydrogen-bond donors (Lipinski definition) is 0. The minimum atomic E-state index is 1.05. The highest BCUT2D eigenvalue weighted by atomic mass is 13.8. The Bertz CT molecular complexity index is 147. The molecule has 0 aromatic rings. The van der Waals surface area contributed by atoms with E-state index < -0.39 is 0 Å². The summed E-state index contributed by atoms with van der Waals surface area (Å²) in [5.74, 6) is 0. The zero-order valence-electron chi connectivity index (χ0n) is 7.09. The predicted octanol–water partition coefficient (Wildman–Crippen LogP) is 3.48. The van der Waals surface area contributed by atoms with Gasteiger partial charge in [-0.1, -0.05) is 36.0 Å². The fraction of sp³-hybridized carbons (Fsp3) is 0.400. The van der Waals surface area contributed by atoms with Gasteiger partial charge in [-0.25, -0.2) is 0 Å². The molecule has 10 heavy (non-hydrogen) atoms. The summed E-state index contributed by atoms with van der Waals surface area (Å²) in [4.78, 5) is 0. The lowest BCUT2D eigenvalue weighted by atomic mass is 10.2. The maximum Gasteiger partial charge on any atom is -0.0164 e. The van der Waals surface area contributed by atoms with Gasteiger partial charge in [0.2, 0.25) is 0 Å². The summed E-state index contributed by atoms with van der Waals surface area (Å²) < 4.78 is 0. The fourth-order valence-corrected chi connectivity index (χ4v) is 0.721. The van der Waals surface area contributed by atoms with Crippen molar-refractivity contribution in [1.82, 2.24) is 0 Å². The van der Waals surface area contributed by atoms with Crippen LogP contribution in [0.3, 0.4) is 0 Å². The maximum atomic E-state index is 2.21. The van der Waals surface area contributed by atoms with Gasteiger partial charge in [-0.3, -0.25) is 0 Å². The van der Waals surface area contributed by atoms with Gasteiger partial charge in [0.15, 0.2) is 0 Å². The Hall–Kier alpha value is -0.780. The third-order valence-electron chi connectivity index (χ3n) is 1.24. The van der Waals surface area contributed by atoms with Gasteiger partial charge in [0.25, 0.3) is 0 Å². The number of allylic oxidation sites excluding steroid dienone is 6. The topological polar surface area (TPSA) is 0 Å². The molecular formula is C10H16. The zero-order valence-corrected chi connectivity index (χ0v) is 7.09. The van der Waals surface area contributed by atoms with Crippen molar-refractivity contribution >= 4 is 0 Å². The van der Waals surface area contributed by atoms with Crippen LogP contribution in [0, 0.1) is 0 Å². The van der Waals surface area contributed by atoms with Crippen LogP contribution in [-0.4, -0.2) is 0 Å². The minimum absolute atomic E-state index is 1.05. The molecule has 0 aromatic heterocycles. The summed E-state index contributed by atoms with van der Waals surface area (Å²) in [5, 5.41) is 0. The van der Waals surface area contributed by atoms with Crippen molar-refractivity contribution in [2.75, 3.05) is 0 Å². The number of rotatable bonds is 3. The molecule has 0 unspecified atom stereocenters. The molecule has 0 nitrogen and oxygen atoms in total. The molecule has 0 N–H and O–H groups in total. The molecule has 0 aliphatic carbocycles. The second-order valence-corrected chi connectivity index (χ2v) is 2.25. The van der Waals surface area contributed by atoms with Gasteiger partial charge in [0, 0.05) is 0 Å². The van der Waals surface area contributed by atoms with E-state index in [4.69, 9.17) is 0 Å². The molecule has 0 saturated heterocycles. The molecule has 0 rings (SSSR count). The van der Waals surface area contributed by atoms with Gasteiger partial charge in [0.1, 0.15) is 0 Å². The lowest BCUT2D eigenvalue weighted by molar-refractivity contribution is 1.32. The Kier molecular flexibility index (Phi) is 5.85. The molecule has 0 heteroatoms. The van der Waals surface area contributed by atoms with E-state index >= 15 is 0 Å². The Morgan fingerprint density at radius 3 is 2.40 bits per heavy atom. The van der Waals surface area contributed by atoms with Crippen LogP contribution in [0.1, 0.15) is 27.2 Å². The molecule has 0 heterocycles. The van der Waals surface area contributed by atoms with Gasteiger partial charge in [-0.05, 0) is 27.2 Å². The van der Waals surface area contributed by atoms with Crippen LogP contribution >= 0.6 is 0 Å². The van der Waals surface area contributed by atoms with Crippen molar-refractivity contribution in [3.8, 4) is 0 Å². The van der Waals surface area contributed by atoms with E-state index in [0.717, 1.165) is 6.42 Å². The number of hydrogen-bond acceptors (Lipinski definition) is 0. The van der Waals surface area contributed by atoms with Gasteiger partial charge in [-0.2, -0.15) is 0 Å². The first-order valence-electron chi connectivity index (χ1n) is 3.72. The van der Waals surface area contributed by atoms with E-state index in [-0.39, 0.29) is 0 Å². The molecule has 0 aliphatic heterocycles. The van der Waals surface area contributed by atoms with E-state index in [9.17, 15) is 0 Å². The van der Waals surface area contributed by atoms with Crippen molar-refractivity contribution in [1.29, 1.82) is 0 Å². The van der Waals surface area contributed by atoms with E-state index in [1.54, 1.807) is 0 Å². The molecule has 0 fully saturated rings. The van der Waals surface area contributed by atoms with Crippen molar-refractivity contribution in [2.24, 2.45) is 0 Å². The second-order valence-electron chi connectivity index (χ2n) is 2.25. The standard InChI is InChI=1S/C10H16/c1-4-6-7-9-10(3)8-5-2/h4-6,8-9H,7H2,1-3H3/b6-4+,8-5-,10-9-. The fourth-order valence-electron chi connectivity index (χ4n) is 0.721. The molecule has 0 atom stereocenters. The third kappa shape index (κ3) is 5.36. The predicted molar refractivity (Wildman–Crippen MR) is 48.0 cm³/mol. The highest BCUT2D eigenvalue weighted by Crippen LogP contribution is 1.97. The average Bonchev–Trinajstić information content (AvgIpc) is 1.89. The molecule has 0 aromatic carbocycles. The summed E-state index contributed by atoms with van der Waals surface area (Å²) in [6, 6.07) is 0. The molecule has 0 spiro atoms. The Labute approximate surface area is 64.0 Å². The van der Waals surface area contributed by atoms with Crippen LogP contribution in [0.2, 0.25) is 0 Å². The molecule has 56 valence electrons. The van der Waals surface area contributed by atoms with Gasteiger partial charge in [-0.15, -0.1) is 0 Å². The first-order valence-corrected chi connectivity index (χ1v) is 3.72. The highest BCUT2D eigenvalue weighted by molar-refractivity contribution is 5.16. The smallest absolute Gasteiger partial charge is 0.0164 e. The minimum Gasteiger partial charge on any atom is -0.0914 e. The summed E-state index contributed by atoms with van der Waals surface area (Å²) in [6.45, 7) is 6.19. The molecule has 0 saturated carbocycles. The van der Waals surface area contributed by atoms with Crippen molar-refractivity contribution in [3.63, 3.8) is 0 Å². The lowest BCUT2D eigenvalue weighted by Crippen LogP contribution is -1.66. The van der Waals surface area contributed by atoms with Crippen LogP contribution in [0.15, 0.2) is 36.0 Å². The summed E-state index contributed by atoms with van der Waals surface area (Å²) in [6.07, 6.45) is 11.6. The molecule has 0 aliphatic rings. The maximum absolute atomic E-state index is 2.21. The van der Waals surface area contributed by atoms with E-state index in [1.165, 1.54) is 5.57 Å². The third-order valence-corrected chi connectivity index (χ3v) is 1.24. The first-order chi connectivity index (χ1) is 4.81. The van der Waals surface area contributed by atoms with Crippen molar-refractivity contribution in [2.45, 2.75) is 27.2 Å². The van der Waals surface area contributed by atoms with E-state index in [2.05, 4.69) is 37.3 Å². The molecule has 0 bridgehead atoms. The van der Waals surface area contributed by atoms with Crippen molar-refractivity contribution in [3.05, 3.63) is 36.0 Å². The molecule has 0 radical (unpaired) electrons. The summed E-state index contributed by atoms with van der Waals surface area (Å²) in [7, 11) is 0. The van der Waals surface area contributed by atoms with Crippen LogP contribution < -0.4 is 0 Å². The monoisotopic (exact) mass is 136 g/mol. The lowest BCUT2D eigenvalue weighted by Gasteiger charge is -1.87. The second kappa shape index (κ2) is 6.34. The Morgan fingerprint density at radius 1 is 1.20 bits per heavy atom. The quantitative estimate of drug-likeness (QED) is 0.411. The normalized spacial score (nSPS) is 13.7. The molecule has 0 amide bonds. The summed E-state index contributed by atoms with van der Waals surface area (Å²) in [5.41, 5.74) is 1.33. The largest absolute Gasteiger partial charge is 0.0914 e. The first kappa shape index (κ1) is 9.22. The summed E-state index contributed by atoms with van der Waals surface area (Å²) >= 11 is 0. The van der Waals surface area contributed by atoms with Gasteiger partial charge < -0.3 is 0 Å². The van der Waals surface area contributed by atoms with Gasteiger partial charge in [0.05, 0.1) is 0 Å². The van der Waals surface area contributed by atoms with Crippen molar-refractivity contribution < 1.29 is 0 Å².